The van der Waals surface area contributed by atoms with Gasteiger partial charge in [-0.1, -0.05) is 20.8 Å². The summed E-state index contributed by atoms with van der Waals surface area (Å²) in [6.07, 6.45) is 0. The maximum absolute atomic E-state index is 13.5. The Morgan fingerprint density at radius 1 is 1.22 bits per heavy atom. The Morgan fingerprint density at radius 2 is 1.87 bits per heavy atom. The highest BCUT2D eigenvalue weighted by Gasteiger charge is 2.25. The lowest BCUT2D eigenvalue weighted by molar-refractivity contribution is 0.0979. The summed E-state index contributed by atoms with van der Waals surface area (Å²) < 4.78 is 28.1. The predicted octanol–water partition coefficient (Wildman–Crippen LogP) is 3.66. The van der Waals surface area contributed by atoms with Crippen molar-refractivity contribution < 1.29 is 13.6 Å². The number of amides is 1. The largest absolute Gasteiger partial charge is 0.307 e. The number of carbonyl (C=O) groups is 1. The number of anilines is 1. The third-order valence-electron chi connectivity index (χ3n) is 3.64. The average molecular weight is 321 g/mol. The molecule has 0 radical (unpaired) electrons. The zero-order valence-electron chi connectivity index (χ0n) is 14.0. The van der Waals surface area contributed by atoms with E-state index in [2.05, 4.69) is 5.10 Å². The van der Waals surface area contributed by atoms with Gasteiger partial charge in [-0.05, 0) is 25.1 Å². The molecule has 0 atom stereocenters. The maximum Gasteiger partial charge on any atom is 0.276 e. The van der Waals surface area contributed by atoms with Crippen LogP contribution in [0, 0.1) is 11.6 Å². The standard InChI is InChI=1S/C17H21F2N3O/c1-6-22(11-7-8-12(18)13(19)9-11)16(23)14-10-15(17(2,3)4)20-21(14)5/h7-10H,6H2,1-5H3. The number of aromatic nitrogens is 2. The molecular weight excluding hydrogens is 300 g/mol. The second kappa shape index (κ2) is 6.10. The second-order valence-corrected chi connectivity index (χ2v) is 6.44. The normalized spacial score (nSPS) is 11.6. The van der Waals surface area contributed by atoms with Crippen molar-refractivity contribution in [1.82, 2.24) is 9.78 Å². The maximum atomic E-state index is 13.5. The van der Waals surface area contributed by atoms with Gasteiger partial charge in [0.25, 0.3) is 5.91 Å². The van der Waals surface area contributed by atoms with Gasteiger partial charge in [0.2, 0.25) is 0 Å². The summed E-state index contributed by atoms with van der Waals surface area (Å²) in [5.41, 5.74) is 1.33. The minimum atomic E-state index is -0.978. The third kappa shape index (κ3) is 3.41. The van der Waals surface area contributed by atoms with E-state index in [9.17, 15) is 13.6 Å². The molecule has 0 spiro atoms. The zero-order chi connectivity index (χ0) is 17.4. The summed E-state index contributed by atoms with van der Waals surface area (Å²) >= 11 is 0. The van der Waals surface area contributed by atoms with Crippen LogP contribution in [0.1, 0.15) is 43.9 Å². The molecule has 124 valence electrons. The van der Waals surface area contributed by atoms with Crippen LogP contribution in [0.3, 0.4) is 0 Å². The molecule has 0 saturated heterocycles. The number of benzene rings is 1. The van der Waals surface area contributed by atoms with Crippen LogP contribution in [-0.4, -0.2) is 22.2 Å². The molecule has 0 aliphatic carbocycles. The minimum Gasteiger partial charge on any atom is -0.307 e. The van der Waals surface area contributed by atoms with Crippen molar-refractivity contribution >= 4 is 11.6 Å². The highest BCUT2D eigenvalue weighted by atomic mass is 19.2. The van der Waals surface area contributed by atoms with E-state index in [1.165, 1.54) is 15.6 Å². The molecule has 1 heterocycles. The van der Waals surface area contributed by atoms with E-state index in [1.54, 1.807) is 20.0 Å². The van der Waals surface area contributed by atoms with E-state index in [-0.39, 0.29) is 11.3 Å². The number of rotatable bonds is 3. The van der Waals surface area contributed by atoms with Crippen molar-refractivity contribution in [3.05, 3.63) is 47.3 Å². The molecular formula is C17H21F2N3O. The molecule has 0 bridgehead atoms. The van der Waals surface area contributed by atoms with Crippen LogP contribution < -0.4 is 4.90 Å². The van der Waals surface area contributed by atoms with Gasteiger partial charge in [-0.2, -0.15) is 5.10 Å². The third-order valence-corrected chi connectivity index (χ3v) is 3.64. The Hall–Kier alpha value is -2.24. The van der Waals surface area contributed by atoms with Gasteiger partial charge < -0.3 is 4.90 Å². The molecule has 1 amide bonds. The summed E-state index contributed by atoms with van der Waals surface area (Å²) in [6.45, 7) is 8.14. The van der Waals surface area contributed by atoms with Gasteiger partial charge in [-0.25, -0.2) is 8.78 Å². The number of halogens is 2. The first-order valence-electron chi connectivity index (χ1n) is 7.46. The molecule has 0 N–H and O–H groups in total. The predicted molar refractivity (Wildman–Crippen MR) is 85.6 cm³/mol. The second-order valence-electron chi connectivity index (χ2n) is 6.44. The van der Waals surface area contributed by atoms with Crippen molar-refractivity contribution in [2.75, 3.05) is 11.4 Å². The number of hydrogen-bond acceptors (Lipinski definition) is 2. The zero-order valence-corrected chi connectivity index (χ0v) is 14.0. The lowest BCUT2D eigenvalue weighted by Gasteiger charge is -2.21. The van der Waals surface area contributed by atoms with Gasteiger partial charge in [0.05, 0.1) is 5.69 Å². The van der Waals surface area contributed by atoms with Gasteiger partial charge in [0.1, 0.15) is 5.69 Å². The molecule has 0 aliphatic heterocycles. The Kier molecular flexibility index (Phi) is 4.54. The number of hydrogen-bond donors (Lipinski definition) is 0. The van der Waals surface area contributed by atoms with E-state index in [4.69, 9.17) is 0 Å². The van der Waals surface area contributed by atoms with Crippen LogP contribution in [0.2, 0.25) is 0 Å². The van der Waals surface area contributed by atoms with Crippen LogP contribution in [0.4, 0.5) is 14.5 Å². The number of nitrogens with zero attached hydrogens (tertiary/aromatic N) is 3. The summed E-state index contributed by atoms with van der Waals surface area (Å²) in [7, 11) is 1.70. The van der Waals surface area contributed by atoms with Crippen molar-refractivity contribution in [3.63, 3.8) is 0 Å². The van der Waals surface area contributed by atoms with Crippen LogP contribution in [0.15, 0.2) is 24.3 Å². The van der Waals surface area contributed by atoms with Crippen LogP contribution in [0.25, 0.3) is 0 Å². The van der Waals surface area contributed by atoms with E-state index < -0.39 is 11.6 Å². The summed E-state index contributed by atoms with van der Waals surface area (Å²) in [6, 6.07) is 5.17. The Labute approximate surface area is 134 Å². The first-order chi connectivity index (χ1) is 10.6. The minimum absolute atomic E-state index is 0.185. The summed E-state index contributed by atoms with van der Waals surface area (Å²) in [5.74, 6) is -2.22. The highest BCUT2D eigenvalue weighted by Crippen LogP contribution is 2.24. The van der Waals surface area contributed by atoms with Crippen molar-refractivity contribution in [2.24, 2.45) is 7.05 Å². The average Bonchev–Trinajstić information content (AvgIpc) is 2.85. The smallest absolute Gasteiger partial charge is 0.276 e. The Balaban J connectivity index is 2.41. The molecule has 4 nitrogen and oxygen atoms in total. The topological polar surface area (TPSA) is 38.1 Å². The first kappa shape index (κ1) is 17.1. The van der Waals surface area contributed by atoms with Crippen LogP contribution >= 0.6 is 0 Å². The molecule has 0 aliphatic rings. The number of carbonyl (C=O) groups excluding carboxylic acids is 1. The van der Waals surface area contributed by atoms with E-state index in [0.717, 1.165) is 17.8 Å². The van der Waals surface area contributed by atoms with E-state index in [1.807, 2.05) is 20.8 Å². The van der Waals surface area contributed by atoms with Crippen molar-refractivity contribution in [3.8, 4) is 0 Å². The highest BCUT2D eigenvalue weighted by molar-refractivity contribution is 6.05. The van der Waals surface area contributed by atoms with Gasteiger partial charge in [-0.15, -0.1) is 0 Å². The molecule has 6 heteroatoms. The van der Waals surface area contributed by atoms with Crippen LogP contribution in [0.5, 0.6) is 0 Å². The van der Waals surface area contributed by atoms with Gasteiger partial charge in [0.15, 0.2) is 11.6 Å². The molecule has 0 unspecified atom stereocenters. The SMILES string of the molecule is CCN(C(=O)c1cc(C(C)(C)C)nn1C)c1ccc(F)c(F)c1. The van der Waals surface area contributed by atoms with E-state index >= 15 is 0 Å². The molecule has 1 aromatic heterocycles. The Morgan fingerprint density at radius 3 is 2.35 bits per heavy atom. The molecule has 2 rings (SSSR count). The summed E-state index contributed by atoms with van der Waals surface area (Å²) in [4.78, 5) is 14.2. The fourth-order valence-corrected chi connectivity index (χ4v) is 2.27. The Bertz CT molecular complexity index is 732. The van der Waals surface area contributed by atoms with Crippen molar-refractivity contribution in [1.29, 1.82) is 0 Å². The molecule has 0 fully saturated rings. The van der Waals surface area contributed by atoms with Gasteiger partial charge >= 0.3 is 0 Å². The first-order valence-corrected chi connectivity index (χ1v) is 7.46. The lowest BCUT2D eigenvalue weighted by Crippen LogP contribution is -2.32. The number of aryl methyl sites for hydroxylation is 1. The summed E-state index contributed by atoms with van der Waals surface area (Å²) in [5, 5.41) is 4.38. The molecule has 2 aromatic rings. The fourth-order valence-electron chi connectivity index (χ4n) is 2.27. The lowest BCUT2D eigenvalue weighted by atomic mass is 9.92. The fraction of sp³-hybridized carbons (Fsp3) is 0.412. The van der Waals surface area contributed by atoms with Crippen LogP contribution in [-0.2, 0) is 12.5 Å². The quantitative estimate of drug-likeness (QED) is 0.865. The van der Waals surface area contributed by atoms with Gasteiger partial charge in [-0.3, -0.25) is 9.48 Å². The van der Waals surface area contributed by atoms with E-state index in [0.29, 0.717) is 17.9 Å². The molecule has 23 heavy (non-hydrogen) atoms. The molecule has 1 aromatic carbocycles. The van der Waals surface area contributed by atoms with Gasteiger partial charge in [0, 0.05) is 30.8 Å². The van der Waals surface area contributed by atoms with Crippen molar-refractivity contribution in [2.45, 2.75) is 33.1 Å². The monoisotopic (exact) mass is 321 g/mol. The molecule has 0 saturated carbocycles.